The van der Waals surface area contributed by atoms with Crippen LogP contribution in [0.2, 0.25) is 5.02 Å². The summed E-state index contributed by atoms with van der Waals surface area (Å²) in [6.45, 7) is 4.97. The minimum Gasteiger partial charge on any atom is -0.351 e. The van der Waals surface area contributed by atoms with Crippen LogP contribution in [0, 0.1) is 5.82 Å². The molecule has 5 nitrogen and oxygen atoms in total. The molecule has 8 heteroatoms. The van der Waals surface area contributed by atoms with E-state index in [0.717, 1.165) is 48.2 Å². The lowest BCUT2D eigenvalue weighted by molar-refractivity contribution is 0.395. The second-order valence-electron chi connectivity index (χ2n) is 7.72. The van der Waals surface area contributed by atoms with Gasteiger partial charge in [-0.25, -0.2) is 4.39 Å². The molecule has 3 aromatic rings. The molecule has 1 aliphatic rings. The zero-order valence-electron chi connectivity index (χ0n) is 17.9. The van der Waals surface area contributed by atoms with Gasteiger partial charge in [0.1, 0.15) is 5.82 Å². The second-order valence-corrected chi connectivity index (χ2v) is 8.55. The minimum atomic E-state index is -0.330. The van der Waals surface area contributed by atoms with Crippen molar-refractivity contribution in [3.63, 3.8) is 0 Å². The zero-order chi connectivity index (χ0) is 22.7. The SMILES string of the molecule is CCCCCN1C(=S)NC(c2ccc(F)cc2)C(c2nc(-c3ccc(Cl)cc3)no2)=C1C. The predicted octanol–water partition coefficient (Wildman–Crippen LogP) is 6.38. The number of allylic oxidation sites excluding steroid dienone is 1. The molecular formula is C24H24ClFN4OS. The van der Waals surface area contributed by atoms with Gasteiger partial charge in [-0.3, -0.25) is 0 Å². The Bertz CT molecular complexity index is 1130. The molecule has 1 atom stereocenters. The van der Waals surface area contributed by atoms with Gasteiger partial charge in [0.2, 0.25) is 5.82 Å². The first-order valence-corrected chi connectivity index (χ1v) is 11.4. The van der Waals surface area contributed by atoms with E-state index in [9.17, 15) is 4.39 Å². The maximum Gasteiger partial charge on any atom is 0.258 e. The van der Waals surface area contributed by atoms with Crippen LogP contribution in [0.25, 0.3) is 17.0 Å². The van der Waals surface area contributed by atoms with Crippen molar-refractivity contribution in [2.45, 2.75) is 39.2 Å². The van der Waals surface area contributed by atoms with Crippen LogP contribution in [-0.4, -0.2) is 26.7 Å². The van der Waals surface area contributed by atoms with E-state index in [2.05, 4.69) is 27.3 Å². The Morgan fingerprint density at radius 1 is 1.12 bits per heavy atom. The van der Waals surface area contributed by atoms with Crippen LogP contribution in [0.5, 0.6) is 0 Å². The Balaban J connectivity index is 1.76. The highest BCUT2D eigenvalue weighted by Crippen LogP contribution is 2.37. The normalized spacial score (nSPS) is 16.4. The summed E-state index contributed by atoms with van der Waals surface area (Å²) in [7, 11) is 0. The number of hydrogen-bond acceptors (Lipinski definition) is 4. The maximum absolute atomic E-state index is 13.6. The smallest absolute Gasteiger partial charge is 0.258 e. The molecule has 0 saturated carbocycles. The molecule has 4 rings (SSSR count). The number of thiocarbonyl (C=S) groups is 1. The fraction of sp³-hybridized carbons (Fsp3) is 0.292. The van der Waals surface area contributed by atoms with E-state index >= 15 is 0 Å². The van der Waals surface area contributed by atoms with E-state index in [-0.39, 0.29) is 11.9 Å². The van der Waals surface area contributed by atoms with Gasteiger partial charge in [-0.2, -0.15) is 4.98 Å². The van der Waals surface area contributed by atoms with Crippen molar-refractivity contribution >= 4 is 34.5 Å². The van der Waals surface area contributed by atoms with Crippen molar-refractivity contribution in [3.8, 4) is 11.4 Å². The van der Waals surface area contributed by atoms with E-state index in [4.69, 9.17) is 28.3 Å². The van der Waals surface area contributed by atoms with Crippen molar-refractivity contribution in [1.29, 1.82) is 0 Å². The monoisotopic (exact) mass is 470 g/mol. The van der Waals surface area contributed by atoms with Gasteiger partial charge in [-0.1, -0.05) is 48.7 Å². The summed E-state index contributed by atoms with van der Waals surface area (Å²) in [5, 5.41) is 8.85. The predicted molar refractivity (Wildman–Crippen MR) is 128 cm³/mol. The second kappa shape index (κ2) is 9.79. The molecule has 1 aliphatic heterocycles. The van der Waals surface area contributed by atoms with Crippen molar-refractivity contribution in [3.05, 3.63) is 76.5 Å². The lowest BCUT2D eigenvalue weighted by atomic mass is 9.94. The van der Waals surface area contributed by atoms with E-state index in [1.807, 2.05) is 19.1 Å². The third kappa shape index (κ3) is 4.69. The van der Waals surface area contributed by atoms with Crippen molar-refractivity contribution < 1.29 is 8.91 Å². The fourth-order valence-electron chi connectivity index (χ4n) is 3.80. The van der Waals surface area contributed by atoms with Crippen LogP contribution >= 0.6 is 23.8 Å². The van der Waals surface area contributed by atoms with Gasteiger partial charge in [0.15, 0.2) is 5.11 Å². The molecule has 0 radical (unpaired) electrons. The molecule has 0 saturated heterocycles. The van der Waals surface area contributed by atoms with Crippen LogP contribution < -0.4 is 5.32 Å². The van der Waals surface area contributed by atoms with Gasteiger partial charge in [0.05, 0.1) is 11.6 Å². The highest BCUT2D eigenvalue weighted by Gasteiger charge is 2.33. The molecule has 0 fully saturated rings. The molecule has 32 heavy (non-hydrogen) atoms. The molecule has 1 unspecified atom stereocenters. The van der Waals surface area contributed by atoms with Gasteiger partial charge >= 0.3 is 0 Å². The zero-order valence-corrected chi connectivity index (χ0v) is 19.5. The first-order chi connectivity index (χ1) is 15.5. The fourth-order valence-corrected chi connectivity index (χ4v) is 4.27. The Kier molecular flexibility index (Phi) is 6.86. The minimum absolute atomic E-state index is 0.293. The van der Waals surface area contributed by atoms with Crippen LogP contribution in [0.4, 0.5) is 4.39 Å². The van der Waals surface area contributed by atoms with E-state index in [1.54, 1.807) is 24.3 Å². The Labute approximate surface area is 197 Å². The average molecular weight is 471 g/mol. The van der Waals surface area contributed by atoms with Crippen LogP contribution in [0.1, 0.15) is 50.6 Å². The number of nitrogens with one attached hydrogen (secondary N) is 1. The summed E-state index contributed by atoms with van der Waals surface area (Å²) in [5.74, 6) is 0.580. The highest BCUT2D eigenvalue weighted by molar-refractivity contribution is 7.80. The molecule has 0 amide bonds. The topological polar surface area (TPSA) is 54.2 Å². The number of benzene rings is 2. The van der Waals surface area contributed by atoms with Crippen LogP contribution in [0.15, 0.2) is 58.8 Å². The molecule has 2 heterocycles. The lowest BCUT2D eigenvalue weighted by Crippen LogP contribution is -2.46. The third-order valence-corrected chi connectivity index (χ3v) is 6.13. The number of halogens is 2. The largest absolute Gasteiger partial charge is 0.351 e. The number of nitrogens with zero attached hydrogens (tertiary/aromatic N) is 3. The lowest BCUT2D eigenvalue weighted by Gasteiger charge is -2.37. The first kappa shape index (κ1) is 22.4. The summed E-state index contributed by atoms with van der Waals surface area (Å²) in [4.78, 5) is 6.75. The third-order valence-electron chi connectivity index (χ3n) is 5.54. The van der Waals surface area contributed by atoms with Gasteiger partial charge in [0.25, 0.3) is 5.89 Å². The van der Waals surface area contributed by atoms with Gasteiger partial charge < -0.3 is 14.7 Å². The molecule has 166 valence electrons. The standard InChI is InChI=1S/C24H24ClFN4OS/c1-3-4-5-14-30-15(2)20(21(27-24(30)32)16-8-12-19(26)13-9-16)23-28-22(29-31-23)17-6-10-18(25)11-7-17/h6-13,21H,3-5,14H2,1-2H3,(H,27,32). The van der Waals surface area contributed by atoms with Crippen LogP contribution in [0.3, 0.4) is 0 Å². The molecule has 0 bridgehead atoms. The maximum atomic E-state index is 13.6. The molecule has 1 N–H and O–H groups in total. The van der Waals surface area contributed by atoms with Crippen molar-refractivity contribution in [2.24, 2.45) is 0 Å². The summed E-state index contributed by atoms with van der Waals surface area (Å²) < 4.78 is 19.3. The Morgan fingerprint density at radius 3 is 2.53 bits per heavy atom. The van der Waals surface area contributed by atoms with E-state index in [0.29, 0.717) is 21.9 Å². The summed E-state index contributed by atoms with van der Waals surface area (Å²) in [6, 6.07) is 13.3. The number of rotatable bonds is 7. The van der Waals surface area contributed by atoms with Crippen molar-refractivity contribution in [2.75, 3.05) is 6.54 Å². The van der Waals surface area contributed by atoms with E-state index < -0.39 is 0 Å². The summed E-state index contributed by atoms with van der Waals surface area (Å²) in [5.41, 5.74) is 3.45. The quantitative estimate of drug-likeness (QED) is 0.319. The molecule has 0 spiro atoms. The number of hydrogen-bond donors (Lipinski definition) is 1. The van der Waals surface area contributed by atoms with Gasteiger partial charge in [-0.05, 0) is 67.5 Å². The molecule has 2 aromatic carbocycles. The summed E-state index contributed by atoms with van der Waals surface area (Å²) >= 11 is 11.7. The average Bonchev–Trinajstić information content (AvgIpc) is 3.26. The molecule has 1 aromatic heterocycles. The first-order valence-electron chi connectivity index (χ1n) is 10.6. The summed E-state index contributed by atoms with van der Waals surface area (Å²) in [6.07, 6.45) is 3.25. The van der Waals surface area contributed by atoms with E-state index in [1.165, 1.54) is 12.1 Å². The number of aromatic nitrogens is 2. The van der Waals surface area contributed by atoms with Gasteiger partial charge in [-0.15, -0.1) is 0 Å². The Morgan fingerprint density at radius 2 is 1.84 bits per heavy atom. The van der Waals surface area contributed by atoms with Crippen LogP contribution in [-0.2, 0) is 0 Å². The van der Waals surface area contributed by atoms with Crippen molar-refractivity contribution in [1.82, 2.24) is 20.4 Å². The molecule has 0 aliphatic carbocycles. The highest BCUT2D eigenvalue weighted by atomic mass is 35.5. The molecular weight excluding hydrogens is 447 g/mol. The Hall–Kier alpha value is -2.77. The van der Waals surface area contributed by atoms with Gasteiger partial charge in [0, 0.05) is 22.8 Å². The number of unbranched alkanes of at least 4 members (excludes halogenated alkanes) is 2.